The number of para-hydroxylation sites is 1. The van der Waals surface area contributed by atoms with E-state index in [1.165, 1.54) is 11.3 Å². The highest BCUT2D eigenvalue weighted by Crippen LogP contribution is 2.17. The fourth-order valence-corrected chi connectivity index (χ4v) is 3.44. The molecule has 0 saturated carbocycles. The van der Waals surface area contributed by atoms with Crippen molar-refractivity contribution >= 4 is 27.5 Å². The third-order valence-electron chi connectivity index (χ3n) is 3.49. The Labute approximate surface area is 138 Å². The Balaban J connectivity index is 2.07. The summed E-state index contributed by atoms with van der Waals surface area (Å²) >= 11 is 1.52. The molecule has 114 valence electrons. The van der Waals surface area contributed by atoms with Crippen LogP contribution in [0.2, 0.25) is 0 Å². The van der Waals surface area contributed by atoms with Crippen molar-refractivity contribution in [2.75, 3.05) is 0 Å². The molecule has 0 bridgehead atoms. The second-order valence-corrected chi connectivity index (χ2v) is 6.12. The number of carbonyl (C=O) groups excluding carboxylic acids is 1. The Hall–Kier alpha value is -2.71. The SMILES string of the molecule is CCCn1c(=NC(=O)c2ccc(C#N)cc2)sc2ccccc21. The van der Waals surface area contributed by atoms with E-state index in [1.807, 2.05) is 30.3 Å². The van der Waals surface area contributed by atoms with E-state index in [1.54, 1.807) is 24.3 Å². The predicted octanol–water partition coefficient (Wildman–Crippen LogP) is 3.73. The van der Waals surface area contributed by atoms with Crippen LogP contribution in [-0.4, -0.2) is 10.5 Å². The van der Waals surface area contributed by atoms with E-state index in [4.69, 9.17) is 5.26 Å². The topological polar surface area (TPSA) is 58.1 Å². The first-order valence-corrected chi connectivity index (χ1v) is 8.22. The molecule has 0 aliphatic rings. The Bertz CT molecular complexity index is 958. The molecule has 0 unspecified atom stereocenters. The summed E-state index contributed by atoms with van der Waals surface area (Å²) < 4.78 is 3.20. The maximum absolute atomic E-state index is 12.4. The Kier molecular flexibility index (Phi) is 4.35. The minimum absolute atomic E-state index is 0.286. The number of thiazole rings is 1. The molecule has 1 heterocycles. The van der Waals surface area contributed by atoms with Crippen LogP contribution in [0.4, 0.5) is 0 Å². The summed E-state index contributed by atoms with van der Waals surface area (Å²) in [7, 11) is 0. The van der Waals surface area contributed by atoms with Gasteiger partial charge in [-0.3, -0.25) is 4.79 Å². The van der Waals surface area contributed by atoms with Crippen LogP contribution in [0, 0.1) is 11.3 Å². The fourth-order valence-electron chi connectivity index (χ4n) is 2.38. The van der Waals surface area contributed by atoms with Crippen molar-refractivity contribution in [3.05, 3.63) is 64.5 Å². The monoisotopic (exact) mass is 321 g/mol. The number of carbonyl (C=O) groups is 1. The van der Waals surface area contributed by atoms with Crippen molar-refractivity contribution in [1.29, 1.82) is 5.26 Å². The number of rotatable bonds is 3. The van der Waals surface area contributed by atoms with Gasteiger partial charge in [-0.15, -0.1) is 0 Å². The summed E-state index contributed by atoms with van der Waals surface area (Å²) in [5.41, 5.74) is 2.12. The van der Waals surface area contributed by atoms with E-state index in [-0.39, 0.29) is 5.91 Å². The molecule has 3 rings (SSSR count). The Morgan fingerprint density at radius 2 is 1.96 bits per heavy atom. The summed E-state index contributed by atoms with van der Waals surface area (Å²) in [4.78, 5) is 17.4. The third-order valence-corrected chi connectivity index (χ3v) is 4.55. The number of aryl methyl sites for hydroxylation is 1. The molecule has 0 N–H and O–H groups in total. The number of benzene rings is 2. The standard InChI is InChI=1S/C18H15N3OS/c1-2-11-21-15-5-3-4-6-16(15)23-18(21)20-17(22)14-9-7-13(12-19)8-10-14/h3-10H,2,11H2,1H3. The molecule has 0 aliphatic carbocycles. The largest absolute Gasteiger partial charge is 0.316 e. The summed E-state index contributed by atoms with van der Waals surface area (Å²) in [6.45, 7) is 2.93. The van der Waals surface area contributed by atoms with Gasteiger partial charge in [0.05, 0.1) is 21.8 Å². The van der Waals surface area contributed by atoms with Gasteiger partial charge in [0.15, 0.2) is 4.80 Å². The summed E-state index contributed by atoms with van der Waals surface area (Å²) in [5, 5.41) is 8.82. The molecule has 3 aromatic rings. The average Bonchev–Trinajstić information content (AvgIpc) is 2.93. The molecule has 2 aromatic carbocycles. The highest BCUT2D eigenvalue weighted by Gasteiger charge is 2.08. The zero-order valence-corrected chi connectivity index (χ0v) is 13.5. The van der Waals surface area contributed by atoms with Gasteiger partial charge in [0.1, 0.15) is 0 Å². The molecule has 0 aliphatic heterocycles. The van der Waals surface area contributed by atoms with E-state index < -0.39 is 0 Å². The van der Waals surface area contributed by atoms with Crippen molar-refractivity contribution in [2.24, 2.45) is 4.99 Å². The maximum atomic E-state index is 12.4. The van der Waals surface area contributed by atoms with Gasteiger partial charge in [0.2, 0.25) is 0 Å². The molecule has 5 heteroatoms. The van der Waals surface area contributed by atoms with Crippen LogP contribution in [-0.2, 0) is 6.54 Å². The maximum Gasteiger partial charge on any atom is 0.279 e. The number of hydrogen-bond acceptors (Lipinski definition) is 3. The molecule has 0 fully saturated rings. The lowest BCUT2D eigenvalue weighted by Gasteiger charge is -2.02. The van der Waals surface area contributed by atoms with Crippen LogP contribution >= 0.6 is 11.3 Å². The van der Waals surface area contributed by atoms with Crippen molar-refractivity contribution in [3.8, 4) is 6.07 Å². The average molecular weight is 321 g/mol. The molecule has 0 radical (unpaired) electrons. The quantitative estimate of drug-likeness (QED) is 0.738. The minimum Gasteiger partial charge on any atom is -0.316 e. The predicted molar refractivity (Wildman–Crippen MR) is 91.2 cm³/mol. The van der Waals surface area contributed by atoms with E-state index >= 15 is 0 Å². The van der Waals surface area contributed by atoms with Crippen LogP contribution in [0.1, 0.15) is 29.3 Å². The van der Waals surface area contributed by atoms with Crippen LogP contribution in [0.3, 0.4) is 0 Å². The first-order valence-electron chi connectivity index (χ1n) is 7.40. The van der Waals surface area contributed by atoms with Crippen molar-refractivity contribution in [2.45, 2.75) is 19.9 Å². The smallest absolute Gasteiger partial charge is 0.279 e. The lowest BCUT2D eigenvalue weighted by atomic mass is 10.1. The van der Waals surface area contributed by atoms with E-state index in [2.05, 4.69) is 16.5 Å². The normalized spacial score (nSPS) is 11.6. The lowest BCUT2D eigenvalue weighted by molar-refractivity contribution is 0.0998. The molecular weight excluding hydrogens is 306 g/mol. The molecular formula is C18H15N3OS. The second kappa shape index (κ2) is 6.59. The van der Waals surface area contributed by atoms with Gasteiger partial charge < -0.3 is 4.57 Å². The molecule has 1 aromatic heterocycles. The van der Waals surface area contributed by atoms with Gasteiger partial charge in [-0.05, 0) is 42.8 Å². The number of nitrogens with zero attached hydrogens (tertiary/aromatic N) is 3. The first-order chi connectivity index (χ1) is 11.2. The van der Waals surface area contributed by atoms with Crippen molar-refractivity contribution in [3.63, 3.8) is 0 Å². The van der Waals surface area contributed by atoms with Crippen LogP contribution in [0.25, 0.3) is 10.2 Å². The van der Waals surface area contributed by atoms with E-state index in [0.717, 1.165) is 23.2 Å². The number of nitriles is 1. The fraction of sp³-hybridized carbons (Fsp3) is 0.167. The molecule has 1 amide bonds. The number of hydrogen-bond donors (Lipinski definition) is 0. The lowest BCUT2D eigenvalue weighted by Crippen LogP contribution is -2.16. The molecule has 23 heavy (non-hydrogen) atoms. The highest BCUT2D eigenvalue weighted by atomic mass is 32.1. The van der Waals surface area contributed by atoms with Gasteiger partial charge in [-0.2, -0.15) is 10.3 Å². The molecule has 0 spiro atoms. The van der Waals surface area contributed by atoms with Gasteiger partial charge in [-0.25, -0.2) is 0 Å². The minimum atomic E-state index is -0.286. The number of aromatic nitrogens is 1. The Morgan fingerprint density at radius 3 is 2.65 bits per heavy atom. The zero-order chi connectivity index (χ0) is 16.2. The van der Waals surface area contributed by atoms with Crippen molar-refractivity contribution in [1.82, 2.24) is 4.57 Å². The van der Waals surface area contributed by atoms with Crippen LogP contribution in [0.5, 0.6) is 0 Å². The summed E-state index contributed by atoms with van der Waals surface area (Å²) in [6, 6.07) is 16.7. The third kappa shape index (κ3) is 3.08. The first kappa shape index (κ1) is 15.2. The van der Waals surface area contributed by atoms with E-state index in [9.17, 15) is 4.79 Å². The zero-order valence-electron chi connectivity index (χ0n) is 12.7. The highest BCUT2D eigenvalue weighted by molar-refractivity contribution is 7.16. The molecule has 4 nitrogen and oxygen atoms in total. The van der Waals surface area contributed by atoms with Crippen molar-refractivity contribution < 1.29 is 4.79 Å². The second-order valence-electron chi connectivity index (χ2n) is 5.11. The Morgan fingerprint density at radius 1 is 1.22 bits per heavy atom. The number of fused-ring (bicyclic) bond motifs is 1. The van der Waals surface area contributed by atoms with Gasteiger partial charge in [0, 0.05) is 12.1 Å². The summed E-state index contributed by atoms with van der Waals surface area (Å²) in [6.07, 6.45) is 0.971. The molecule has 0 atom stereocenters. The number of amides is 1. The van der Waals surface area contributed by atoms with Gasteiger partial charge >= 0.3 is 0 Å². The summed E-state index contributed by atoms with van der Waals surface area (Å²) in [5.74, 6) is -0.286. The van der Waals surface area contributed by atoms with Crippen LogP contribution < -0.4 is 4.80 Å². The van der Waals surface area contributed by atoms with Gasteiger partial charge in [-0.1, -0.05) is 30.4 Å². The van der Waals surface area contributed by atoms with Gasteiger partial charge in [0.25, 0.3) is 5.91 Å². The van der Waals surface area contributed by atoms with Crippen LogP contribution in [0.15, 0.2) is 53.5 Å². The van der Waals surface area contributed by atoms with E-state index in [0.29, 0.717) is 15.9 Å². The molecule has 0 saturated heterocycles.